The van der Waals surface area contributed by atoms with Crippen LogP contribution in [-0.2, 0) is 5.54 Å². The molecule has 0 aliphatic heterocycles. The van der Waals surface area contributed by atoms with E-state index in [0.717, 1.165) is 18.4 Å². The van der Waals surface area contributed by atoms with Gasteiger partial charge in [-0.3, -0.25) is 0 Å². The number of hydrogen-bond acceptors (Lipinski definition) is 1. The molecular weight excluding hydrogens is 272 g/mol. The molecule has 22 heavy (non-hydrogen) atoms. The summed E-state index contributed by atoms with van der Waals surface area (Å²) in [6, 6.07) is 8.80. The molecule has 2 N–H and O–H groups in total. The summed E-state index contributed by atoms with van der Waals surface area (Å²) in [4.78, 5) is 12.3. The highest BCUT2D eigenvalue weighted by Crippen LogP contribution is 2.24. The van der Waals surface area contributed by atoms with Crippen molar-refractivity contribution in [2.45, 2.75) is 77.3 Å². The maximum atomic E-state index is 12.3. The highest BCUT2D eigenvalue weighted by Gasteiger charge is 2.25. The van der Waals surface area contributed by atoms with Crippen molar-refractivity contribution >= 4 is 6.03 Å². The average molecular weight is 302 g/mol. The first kappa shape index (κ1) is 16.9. The molecule has 0 spiro atoms. The van der Waals surface area contributed by atoms with Crippen molar-refractivity contribution in [2.24, 2.45) is 0 Å². The zero-order valence-corrected chi connectivity index (χ0v) is 14.4. The Morgan fingerprint density at radius 2 is 1.86 bits per heavy atom. The van der Waals surface area contributed by atoms with Crippen molar-refractivity contribution in [1.82, 2.24) is 10.6 Å². The molecule has 0 bridgehead atoms. The van der Waals surface area contributed by atoms with Crippen LogP contribution in [0.25, 0.3) is 0 Å². The van der Waals surface area contributed by atoms with Crippen molar-refractivity contribution in [3.63, 3.8) is 0 Å². The Kier molecular flexibility index (Phi) is 5.49. The number of carbonyl (C=O) groups is 1. The second-order valence-electron chi connectivity index (χ2n) is 7.34. The van der Waals surface area contributed by atoms with Gasteiger partial charge in [-0.05, 0) is 43.7 Å². The first-order chi connectivity index (χ1) is 10.4. The number of rotatable bonds is 4. The molecule has 122 valence electrons. The summed E-state index contributed by atoms with van der Waals surface area (Å²) in [6.45, 7) is 8.50. The molecule has 0 atom stereocenters. The van der Waals surface area contributed by atoms with Crippen LogP contribution < -0.4 is 10.6 Å². The van der Waals surface area contributed by atoms with Crippen molar-refractivity contribution in [2.75, 3.05) is 0 Å². The summed E-state index contributed by atoms with van der Waals surface area (Å²) in [5.74, 6) is 0.492. The lowest BCUT2D eigenvalue weighted by molar-refractivity contribution is 0.222. The number of benzene rings is 1. The standard InChI is InChI=1S/C19H30N2O/c1-14(2)15-9-8-10-16(13-15)19(3,4)21-18(22)20-17-11-6-5-7-12-17/h8-10,13-14,17H,5-7,11-12H2,1-4H3,(H2,20,21,22). The van der Waals surface area contributed by atoms with Crippen LogP contribution in [0.3, 0.4) is 0 Å². The monoisotopic (exact) mass is 302 g/mol. The minimum Gasteiger partial charge on any atom is -0.335 e. The van der Waals surface area contributed by atoms with Gasteiger partial charge in [0.25, 0.3) is 0 Å². The summed E-state index contributed by atoms with van der Waals surface area (Å²) in [7, 11) is 0. The molecule has 1 fully saturated rings. The third kappa shape index (κ3) is 4.49. The van der Waals surface area contributed by atoms with E-state index in [4.69, 9.17) is 0 Å². The van der Waals surface area contributed by atoms with Crippen LogP contribution in [0.5, 0.6) is 0 Å². The van der Waals surface area contributed by atoms with Crippen LogP contribution >= 0.6 is 0 Å². The summed E-state index contributed by atoms with van der Waals surface area (Å²) < 4.78 is 0. The number of carbonyl (C=O) groups excluding carboxylic acids is 1. The van der Waals surface area contributed by atoms with Gasteiger partial charge in [-0.2, -0.15) is 0 Å². The summed E-state index contributed by atoms with van der Waals surface area (Å²) in [6.07, 6.45) is 5.97. The Bertz CT molecular complexity index is 502. The quantitative estimate of drug-likeness (QED) is 0.833. The molecule has 3 nitrogen and oxygen atoms in total. The van der Waals surface area contributed by atoms with Gasteiger partial charge in [0.2, 0.25) is 0 Å². The zero-order valence-electron chi connectivity index (χ0n) is 14.4. The molecule has 0 radical (unpaired) electrons. The third-order valence-corrected chi connectivity index (χ3v) is 4.64. The van der Waals surface area contributed by atoms with Gasteiger partial charge in [0, 0.05) is 6.04 Å². The fraction of sp³-hybridized carbons (Fsp3) is 0.632. The van der Waals surface area contributed by atoms with Crippen LogP contribution in [0.1, 0.15) is 76.8 Å². The summed E-state index contributed by atoms with van der Waals surface area (Å²) in [5.41, 5.74) is 2.08. The number of amides is 2. The molecule has 2 amide bonds. The van der Waals surface area contributed by atoms with E-state index in [0.29, 0.717) is 12.0 Å². The van der Waals surface area contributed by atoms with E-state index in [-0.39, 0.29) is 11.6 Å². The second-order valence-corrected chi connectivity index (χ2v) is 7.34. The van der Waals surface area contributed by atoms with Crippen LogP contribution in [0, 0.1) is 0 Å². The molecule has 1 aliphatic rings. The van der Waals surface area contributed by atoms with Crippen molar-refractivity contribution in [1.29, 1.82) is 0 Å². The van der Waals surface area contributed by atoms with Gasteiger partial charge in [0.05, 0.1) is 5.54 Å². The van der Waals surface area contributed by atoms with E-state index in [1.54, 1.807) is 0 Å². The van der Waals surface area contributed by atoms with Crippen LogP contribution in [0.4, 0.5) is 4.79 Å². The van der Waals surface area contributed by atoms with Gasteiger partial charge in [-0.15, -0.1) is 0 Å². The molecule has 0 heterocycles. The van der Waals surface area contributed by atoms with Crippen LogP contribution in [-0.4, -0.2) is 12.1 Å². The average Bonchev–Trinajstić information content (AvgIpc) is 2.47. The maximum absolute atomic E-state index is 12.3. The Balaban J connectivity index is 2.00. The van der Waals surface area contributed by atoms with Gasteiger partial charge >= 0.3 is 6.03 Å². The van der Waals surface area contributed by atoms with Crippen LogP contribution in [0.2, 0.25) is 0 Å². The van der Waals surface area contributed by atoms with Crippen molar-refractivity contribution < 1.29 is 4.79 Å². The molecular formula is C19H30N2O. The molecule has 1 aromatic carbocycles. The molecule has 0 aromatic heterocycles. The second kappa shape index (κ2) is 7.17. The summed E-state index contributed by atoms with van der Waals surface area (Å²) in [5, 5.41) is 6.27. The van der Waals surface area contributed by atoms with E-state index in [9.17, 15) is 4.79 Å². The molecule has 0 saturated heterocycles. The lowest BCUT2D eigenvalue weighted by Gasteiger charge is -2.30. The maximum Gasteiger partial charge on any atom is 0.315 e. The van der Waals surface area contributed by atoms with Gasteiger partial charge in [-0.25, -0.2) is 4.79 Å². The van der Waals surface area contributed by atoms with E-state index in [1.807, 2.05) is 0 Å². The number of nitrogens with one attached hydrogen (secondary N) is 2. The third-order valence-electron chi connectivity index (χ3n) is 4.64. The lowest BCUT2D eigenvalue weighted by Crippen LogP contribution is -2.49. The predicted molar refractivity (Wildman–Crippen MR) is 92.1 cm³/mol. The molecule has 2 rings (SSSR count). The van der Waals surface area contributed by atoms with Gasteiger partial charge < -0.3 is 10.6 Å². The fourth-order valence-corrected chi connectivity index (χ4v) is 3.11. The fourth-order valence-electron chi connectivity index (χ4n) is 3.11. The first-order valence-electron chi connectivity index (χ1n) is 8.57. The molecule has 0 unspecified atom stereocenters. The van der Waals surface area contributed by atoms with E-state index >= 15 is 0 Å². The zero-order chi connectivity index (χ0) is 16.2. The minimum atomic E-state index is -0.371. The largest absolute Gasteiger partial charge is 0.335 e. The number of hydrogen-bond donors (Lipinski definition) is 2. The highest BCUT2D eigenvalue weighted by molar-refractivity contribution is 5.75. The Labute approximate surface area is 134 Å². The Morgan fingerprint density at radius 3 is 2.50 bits per heavy atom. The molecule has 1 aliphatic carbocycles. The van der Waals surface area contributed by atoms with Gasteiger partial charge in [0.1, 0.15) is 0 Å². The smallest absolute Gasteiger partial charge is 0.315 e. The summed E-state index contributed by atoms with van der Waals surface area (Å²) >= 11 is 0. The van der Waals surface area contributed by atoms with Gasteiger partial charge in [0.15, 0.2) is 0 Å². The van der Waals surface area contributed by atoms with E-state index in [1.165, 1.54) is 24.8 Å². The normalized spacial score (nSPS) is 16.6. The van der Waals surface area contributed by atoms with Crippen molar-refractivity contribution in [3.8, 4) is 0 Å². The lowest BCUT2D eigenvalue weighted by atomic mass is 9.90. The topological polar surface area (TPSA) is 41.1 Å². The Morgan fingerprint density at radius 1 is 1.18 bits per heavy atom. The predicted octanol–water partition coefficient (Wildman–Crippen LogP) is 4.68. The first-order valence-corrected chi connectivity index (χ1v) is 8.57. The number of urea groups is 1. The SMILES string of the molecule is CC(C)c1cccc(C(C)(C)NC(=O)NC2CCCCC2)c1. The van der Waals surface area contributed by atoms with E-state index in [2.05, 4.69) is 62.6 Å². The molecule has 3 heteroatoms. The van der Waals surface area contributed by atoms with Crippen LogP contribution in [0.15, 0.2) is 24.3 Å². The highest BCUT2D eigenvalue weighted by atomic mass is 16.2. The molecule has 1 aromatic rings. The van der Waals surface area contributed by atoms with Gasteiger partial charge in [-0.1, -0.05) is 57.4 Å². The molecule has 1 saturated carbocycles. The van der Waals surface area contributed by atoms with Crippen molar-refractivity contribution in [3.05, 3.63) is 35.4 Å². The minimum absolute atomic E-state index is 0.0492. The van der Waals surface area contributed by atoms with E-state index < -0.39 is 0 Å². The Hall–Kier alpha value is -1.51.